The van der Waals surface area contributed by atoms with Crippen LogP contribution in [0.1, 0.15) is 19.3 Å². The normalized spacial score (nSPS) is 17.0. The fourth-order valence-electron chi connectivity index (χ4n) is 2.45. The Labute approximate surface area is 122 Å². The van der Waals surface area contributed by atoms with Crippen LogP contribution in [0.5, 0.6) is 0 Å². The zero-order valence-corrected chi connectivity index (χ0v) is 12.2. The number of nitrogens with zero attached hydrogens (tertiary/aromatic N) is 1. The summed E-state index contributed by atoms with van der Waals surface area (Å²) in [4.78, 5) is 11.1. The fourth-order valence-corrected chi connectivity index (χ4v) is 3.75. The van der Waals surface area contributed by atoms with Gasteiger partial charge >= 0.3 is 15.8 Å². The molecule has 1 saturated heterocycles. The Morgan fingerprint density at radius 1 is 1.05 bits per heavy atom. The van der Waals surface area contributed by atoms with E-state index < -0.39 is 15.8 Å². The first-order valence-corrected chi connectivity index (χ1v) is 8.30. The van der Waals surface area contributed by atoms with Gasteiger partial charge in [-0.3, -0.25) is 4.72 Å². The molecular formula is C14H16N2O4S. The highest BCUT2D eigenvalue weighted by Crippen LogP contribution is 2.20. The number of piperidine rings is 1. The number of fused-ring (bicyclic) bond motifs is 1. The minimum atomic E-state index is -3.52. The molecule has 1 aliphatic rings. The number of anilines is 1. The SMILES string of the molecule is O=c1ccc2cc(NS(=O)(=O)N3CCCCC3)ccc2o1. The average Bonchev–Trinajstić information content (AvgIpc) is 2.48. The first kappa shape index (κ1) is 14.1. The van der Waals surface area contributed by atoms with Crippen molar-refractivity contribution in [2.45, 2.75) is 19.3 Å². The number of hydrogen-bond acceptors (Lipinski definition) is 4. The summed E-state index contributed by atoms with van der Waals surface area (Å²) in [6, 6.07) is 7.75. The van der Waals surface area contributed by atoms with Crippen LogP contribution in [-0.4, -0.2) is 25.8 Å². The highest BCUT2D eigenvalue weighted by atomic mass is 32.2. The van der Waals surface area contributed by atoms with E-state index in [1.54, 1.807) is 24.3 Å². The van der Waals surface area contributed by atoms with Gasteiger partial charge in [-0.1, -0.05) is 6.42 Å². The van der Waals surface area contributed by atoms with Crippen molar-refractivity contribution in [3.63, 3.8) is 0 Å². The maximum Gasteiger partial charge on any atom is 0.336 e. The van der Waals surface area contributed by atoms with Crippen LogP contribution in [0, 0.1) is 0 Å². The molecule has 1 aromatic heterocycles. The lowest BCUT2D eigenvalue weighted by Gasteiger charge is -2.26. The van der Waals surface area contributed by atoms with E-state index in [0.29, 0.717) is 29.7 Å². The third-order valence-corrected chi connectivity index (χ3v) is 5.06. The molecule has 0 spiro atoms. The van der Waals surface area contributed by atoms with Crippen LogP contribution in [0.4, 0.5) is 5.69 Å². The molecule has 112 valence electrons. The molecule has 1 aliphatic heterocycles. The van der Waals surface area contributed by atoms with E-state index in [2.05, 4.69) is 4.72 Å². The number of nitrogens with one attached hydrogen (secondary N) is 1. The average molecular weight is 308 g/mol. The van der Waals surface area contributed by atoms with Gasteiger partial charge in [0.1, 0.15) is 5.58 Å². The lowest BCUT2D eigenvalue weighted by atomic mass is 10.2. The van der Waals surface area contributed by atoms with Gasteiger partial charge in [-0.15, -0.1) is 0 Å². The molecule has 3 rings (SSSR count). The van der Waals surface area contributed by atoms with Crippen molar-refractivity contribution < 1.29 is 12.8 Å². The van der Waals surface area contributed by atoms with Crippen molar-refractivity contribution in [3.8, 4) is 0 Å². The first-order chi connectivity index (χ1) is 10.0. The molecule has 0 bridgehead atoms. The lowest BCUT2D eigenvalue weighted by molar-refractivity contribution is 0.349. The van der Waals surface area contributed by atoms with Gasteiger partial charge in [0.25, 0.3) is 0 Å². The molecule has 2 heterocycles. The van der Waals surface area contributed by atoms with Crippen LogP contribution < -0.4 is 10.3 Å². The van der Waals surface area contributed by atoms with E-state index in [-0.39, 0.29) is 0 Å². The summed E-state index contributed by atoms with van der Waals surface area (Å²) in [6.45, 7) is 1.11. The van der Waals surface area contributed by atoms with Crippen molar-refractivity contribution >= 4 is 26.9 Å². The van der Waals surface area contributed by atoms with Gasteiger partial charge in [-0.2, -0.15) is 12.7 Å². The van der Waals surface area contributed by atoms with E-state index in [1.807, 2.05) is 0 Å². The largest absolute Gasteiger partial charge is 0.423 e. The minimum absolute atomic E-state index is 0.427. The second-order valence-electron chi connectivity index (χ2n) is 5.07. The van der Waals surface area contributed by atoms with E-state index in [0.717, 1.165) is 19.3 Å². The number of hydrogen-bond donors (Lipinski definition) is 1. The molecule has 0 radical (unpaired) electrons. The van der Waals surface area contributed by atoms with Crippen molar-refractivity contribution in [1.29, 1.82) is 0 Å². The van der Waals surface area contributed by atoms with Crippen LogP contribution in [-0.2, 0) is 10.2 Å². The second kappa shape index (κ2) is 5.50. The molecule has 0 aliphatic carbocycles. The smallest absolute Gasteiger partial charge is 0.336 e. The van der Waals surface area contributed by atoms with Crippen LogP contribution in [0.3, 0.4) is 0 Å². The molecule has 6 nitrogen and oxygen atoms in total. The Morgan fingerprint density at radius 2 is 1.81 bits per heavy atom. The predicted octanol–water partition coefficient (Wildman–Crippen LogP) is 1.94. The molecule has 1 aromatic carbocycles. The van der Waals surface area contributed by atoms with E-state index in [1.165, 1.54) is 10.4 Å². The zero-order valence-electron chi connectivity index (χ0n) is 11.4. The van der Waals surface area contributed by atoms with Crippen LogP contribution in [0.15, 0.2) is 39.5 Å². The Bertz CT molecular complexity index is 807. The molecule has 0 saturated carbocycles. The summed E-state index contributed by atoms with van der Waals surface area (Å²) in [5.41, 5.74) is 0.467. The summed E-state index contributed by atoms with van der Waals surface area (Å²) in [5, 5.41) is 0.674. The highest BCUT2D eigenvalue weighted by molar-refractivity contribution is 7.90. The predicted molar refractivity (Wildman–Crippen MR) is 80.5 cm³/mol. The highest BCUT2D eigenvalue weighted by Gasteiger charge is 2.23. The van der Waals surface area contributed by atoms with E-state index in [9.17, 15) is 13.2 Å². The maximum atomic E-state index is 12.3. The van der Waals surface area contributed by atoms with E-state index >= 15 is 0 Å². The van der Waals surface area contributed by atoms with Crippen LogP contribution in [0.2, 0.25) is 0 Å². The van der Waals surface area contributed by atoms with Gasteiger partial charge < -0.3 is 4.42 Å². The van der Waals surface area contributed by atoms with Gasteiger partial charge in [-0.05, 0) is 37.1 Å². The quantitative estimate of drug-likeness (QED) is 0.879. The van der Waals surface area contributed by atoms with Crippen molar-refractivity contribution in [3.05, 3.63) is 40.8 Å². The second-order valence-corrected chi connectivity index (χ2v) is 6.74. The fraction of sp³-hybridized carbons (Fsp3) is 0.357. The summed E-state index contributed by atoms with van der Waals surface area (Å²) in [5.74, 6) is 0. The molecule has 0 unspecified atom stereocenters. The van der Waals surface area contributed by atoms with Gasteiger partial charge in [0.2, 0.25) is 0 Å². The van der Waals surface area contributed by atoms with Gasteiger partial charge in [0, 0.05) is 24.5 Å². The molecular weight excluding hydrogens is 292 g/mol. The molecule has 0 amide bonds. The van der Waals surface area contributed by atoms with Gasteiger partial charge in [0.05, 0.1) is 5.69 Å². The monoisotopic (exact) mass is 308 g/mol. The molecule has 0 atom stereocenters. The Hall–Kier alpha value is -1.86. The molecule has 1 N–H and O–H groups in total. The number of rotatable bonds is 3. The minimum Gasteiger partial charge on any atom is -0.423 e. The summed E-state index contributed by atoms with van der Waals surface area (Å²) >= 11 is 0. The molecule has 1 fully saturated rings. The van der Waals surface area contributed by atoms with Crippen molar-refractivity contribution in [1.82, 2.24) is 4.31 Å². The summed E-state index contributed by atoms with van der Waals surface area (Å²) in [7, 11) is -3.52. The number of benzene rings is 1. The van der Waals surface area contributed by atoms with Gasteiger partial charge in [-0.25, -0.2) is 4.79 Å². The third-order valence-electron chi connectivity index (χ3n) is 3.52. The summed E-state index contributed by atoms with van der Waals surface area (Å²) in [6.07, 6.45) is 2.86. The zero-order chi connectivity index (χ0) is 14.9. The third kappa shape index (κ3) is 3.08. The first-order valence-electron chi connectivity index (χ1n) is 6.86. The Balaban J connectivity index is 1.87. The maximum absolute atomic E-state index is 12.3. The van der Waals surface area contributed by atoms with Crippen LogP contribution in [0.25, 0.3) is 11.0 Å². The molecule has 7 heteroatoms. The van der Waals surface area contributed by atoms with Gasteiger partial charge in [0.15, 0.2) is 0 Å². The molecule has 2 aromatic rings. The van der Waals surface area contributed by atoms with Crippen molar-refractivity contribution in [2.24, 2.45) is 0 Å². The lowest BCUT2D eigenvalue weighted by Crippen LogP contribution is -2.39. The van der Waals surface area contributed by atoms with Crippen LogP contribution >= 0.6 is 0 Å². The standard InChI is InChI=1S/C14H16N2O4S/c17-14-7-4-11-10-12(5-6-13(11)20-14)15-21(18,19)16-8-2-1-3-9-16/h4-7,10,15H,1-3,8-9H2. The Morgan fingerprint density at radius 3 is 2.57 bits per heavy atom. The topological polar surface area (TPSA) is 79.6 Å². The Kier molecular flexibility index (Phi) is 3.69. The van der Waals surface area contributed by atoms with Crippen molar-refractivity contribution in [2.75, 3.05) is 17.8 Å². The van der Waals surface area contributed by atoms with E-state index in [4.69, 9.17) is 4.42 Å². The molecule has 21 heavy (non-hydrogen) atoms. The summed E-state index contributed by atoms with van der Waals surface area (Å²) < 4.78 is 33.6.